The number of nitrogens with two attached hydrogens (primary N) is 1. The minimum atomic E-state index is -0.806. The largest absolute Gasteiger partial charge is 0.483 e. The Morgan fingerprint density at radius 1 is 1.29 bits per heavy atom. The molecular formula is C18H19Cl2FN4O3. The van der Waals surface area contributed by atoms with Crippen LogP contribution in [0.4, 0.5) is 4.39 Å². The summed E-state index contributed by atoms with van der Waals surface area (Å²) in [7, 11) is 1.47. The molecule has 0 aromatic heterocycles. The van der Waals surface area contributed by atoms with Gasteiger partial charge in [-0.2, -0.15) is 0 Å². The molecule has 150 valence electrons. The van der Waals surface area contributed by atoms with E-state index >= 15 is 0 Å². The van der Waals surface area contributed by atoms with Gasteiger partial charge in [0.05, 0.1) is 10.6 Å². The van der Waals surface area contributed by atoms with Crippen LogP contribution in [0.25, 0.3) is 0 Å². The summed E-state index contributed by atoms with van der Waals surface area (Å²) < 4.78 is 19.4. The lowest BCUT2D eigenvalue weighted by Gasteiger charge is -2.14. The van der Waals surface area contributed by atoms with Crippen LogP contribution in [0.15, 0.2) is 36.4 Å². The molecule has 2 amide bonds. The molecule has 10 heteroatoms. The fourth-order valence-electron chi connectivity index (χ4n) is 2.17. The predicted molar refractivity (Wildman–Crippen MR) is 107 cm³/mol. The van der Waals surface area contributed by atoms with Crippen LogP contribution in [0.3, 0.4) is 0 Å². The van der Waals surface area contributed by atoms with Crippen molar-refractivity contribution in [3.8, 4) is 5.75 Å². The molecule has 7 nitrogen and oxygen atoms in total. The highest BCUT2D eigenvalue weighted by Crippen LogP contribution is 2.22. The van der Waals surface area contributed by atoms with Gasteiger partial charge >= 0.3 is 0 Å². The lowest BCUT2D eigenvalue weighted by Crippen LogP contribution is -2.26. The fraction of sp³-hybridized carbons (Fsp3) is 0.167. The molecular weight excluding hydrogens is 410 g/mol. The number of likely N-dealkylation sites (N-methyl/N-ethyl adjacent to an activating group) is 1. The molecule has 0 fully saturated rings. The molecule has 0 bridgehead atoms. The van der Waals surface area contributed by atoms with Gasteiger partial charge in [-0.05, 0) is 18.2 Å². The zero-order valence-corrected chi connectivity index (χ0v) is 16.4. The molecule has 0 aliphatic rings. The van der Waals surface area contributed by atoms with Crippen molar-refractivity contribution in [2.45, 2.75) is 6.54 Å². The Balaban J connectivity index is 0.00000392. The number of rotatable bonds is 7. The van der Waals surface area contributed by atoms with Gasteiger partial charge in [0.25, 0.3) is 11.8 Å². The fourth-order valence-corrected chi connectivity index (χ4v) is 2.34. The Morgan fingerprint density at radius 3 is 2.64 bits per heavy atom. The normalized spacial score (nSPS) is 9.82. The molecule has 2 aromatic carbocycles. The third kappa shape index (κ3) is 5.83. The number of hydrogen-bond acceptors (Lipinski definition) is 4. The van der Waals surface area contributed by atoms with E-state index < -0.39 is 11.7 Å². The van der Waals surface area contributed by atoms with Gasteiger partial charge in [0.15, 0.2) is 12.4 Å². The van der Waals surface area contributed by atoms with Gasteiger partial charge in [-0.25, -0.2) is 4.39 Å². The van der Waals surface area contributed by atoms with E-state index in [4.69, 9.17) is 27.5 Å². The molecule has 2 rings (SSSR count). The van der Waals surface area contributed by atoms with Crippen molar-refractivity contribution >= 4 is 41.7 Å². The van der Waals surface area contributed by atoms with Crippen molar-refractivity contribution in [2.75, 3.05) is 13.7 Å². The van der Waals surface area contributed by atoms with Crippen LogP contribution in [0, 0.1) is 11.2 Å². The summed E-state index contributed by atoms with van der Waals surface area (Å²) >= 11 is 5.69. The van der Waals surface area contributed by atoms with Gasteiger partial charge in [0, 0.05) is 24.7 Å². The maximum absolute atomic E-state index is 13.9. The van der Waals surface area contributed by atoms with Crippen molar-refractivity contribution < 1.29 is 18.7 Å². The second-order valence-corrected chi connectivity index (χ2v) is 5.89. The number of amides is 2. The van der Waals surface area contributed by atoms with Crippen molar-refractivity contribution in [1.82, 2.24) is 10.6 Å². The van der Waals surface area contributed by atoms with Gasteiger partial charge < -0.3 is 21.1 Å². The Kier molecular flexibility index (Phi) is 8.69. The van der Waals surface area contributed by atoms with Crippen LogP contribution in [0.2, 0.25) is 5.02 Å². The molecule has 2 aromatic rings. The van der Waals surface area contributed by atoms with E-state index in [1.807, 2.05) is 0 Å². The van der Waals surface area contributed by atoms with Gasteiger partial charge in [-0.15, -0.1) is 12.4 Å². The van der Waals surface area contributed by atoms with Crippen LogP contribution >= 0.6 is 24.0 Å². The maximum Gasteiger partial charge on any atom is 0.257 e. The van der Waals surface area contributed by atoms with Gasteiger partial charge in [-0.3, -0.25) is 15.0 Å². The molecule has 0 saturated heterocycles. The van der Waals surface area contributed by atoms with Crippen molar-refractivity contribution in [3.05, 3.63) is 63.9 Å². The van der Waals surface area contributed by atoms with E-state index in [0.717, 1.165) is 0 Å². The van der Waals surface area contributed by atoms with Crippen molar-refractivity contribution in [3.63, 3.8) is 0 Å². The van der Waals surface area contributed by atoms with Crippen molar-refractivity contribution in [2.24, 2.45) is 5.73 Å². The second-order valence-electron chi connectivity index (χ2n) is 5.48. The summed E-state index contributed by atoms with van der Waals surface area (Å²) in [6, 6.07) is 8.81. The summed E-state index contributed by atoms with van der Waals surface area (Å²) in [5.41, 5.74) is 6.21. The van der Waals surface area contributed by atoms with Gasteiger partial charge in [-0.1, -0.05) is 29.8 Å². The highest BCUT2D eigenvalue weighted by Gasteiger charge is 2.15. The Bertz CT molecular complexity index is 893. The number of ether oxygens (including phenoxy) is 1. The van der Waals surface area contributed by atoms with Crippen LogP contribution in [0.5, 0.6) is 5.75 Å². The molecule has 0 atom stereocenters. The van der Waals surface area contributed by atoms with Gasteiger partial charge in [0.1, 0.15) is 11.6 Å². The molecule has 0 unspecified atom stereocenters. The molecule has 0 heterocycles. The molecule has 0 spiro atoms. The summed E-state index contributed by atoms with van der Waals surface area (Å²) in [5.74, 6) is -1.70. The SMILES string of the molecule is CNC(=O)COc1cc(C(=N)N)ccc1CNC(=O)c1cccc(Cl)c1F.Cl. The second kappa shape index (κ2) is 10.5. The van der Waals surface area contributed by atoms with Crippen LogP contribution < -0.4 is 21.1 Å². The minimum Gasteiger partial charge on any atom is -0.483 e. The zero-order chi connectivity index (χ0) is 20.0. The molecule has 28 heavy (non-hydrogen) atoms. The Labute approximate surface area is 172 Å². The number of halogens is 3. The number of nitrogen functional groups attached to an aromatic ring is 1. The first-order chi connectivity index (χ1) is 12.8. The molecule has 0 saturated carbocycles. The molecule has 0 aliphatic carbocycles. The van der Waals surface area contributed by atoms with E-state index in [0.29, 0.717) is 11.1 Å². The summed E-state index contributed by atoms with van der Waals surface area (Å²) in [6.45, 7) is -0.242. The number of carbonyl (C=O) groups excluding carboxylic acids is 2. The smallest absolute Gasteiger partial charge is 0.257 e. The lowest BCUT2D eigenvalue weighted by atomic mass is 10.1. The summed E-state index contributed by atoms with van der Waals surface area (Å²) in [5, 5.41) is 12.3. The Morgan fingerprint density at radius 2 is 2.00 bits per heavy atom. The van der Waals surface area contributed by atoms with E-state index in [1.54, 1.807) is 12.1 Å². The quantitative estimate of drug-likeness (QED) is 0.399. The Hall–Kier alpha value is -2.84. The predicted octanol–water partition coefficient (Wildman–Crippen LogP) is 2.24. The average Bonchev–Trinajstić information content (AvgIpc) is 2.66. The van der Waals surface area contributed by atoms with Crippen LogP contribution in [-0.2, 0) is 11.3 Å². The zero-order valence-electron chi connectivity index (χ0n) is 14.8. The van der Waals surface area contributed by atoms with E-state index in [9.17, 15) is 14.0 Å². The van der Waals surface area contributed by atoms with E-state index in [-0.39, 0.29) is 53.6 Å². The van der Waals surface area contributed by atoms with E-state index in [2.05, 4.69) is 10.6 Å². The highest BCUT2D eigenvalue weighted by molar-refractivity contribution is 6.31. The number of carbonyl (C=O) groups is 2. The maximum atomic E-state index is 13.9. The summed E-state index contributed by atoms with van der Waals surface area (Å²) in [4.78, 5) is 23.6. The van der Waals surface area contributed by atoms with Crippen LogP contribution in [-0.4, -0.2) is 31.3 Å². The van der Waals surface area contributed by atoms with Gasteiger partial charge in [0.2, 0.25) is 0 Å². The summed E-state index contributed by atoms with van der Waals surface area (Å²) in [6.07, 6.45) is 0. The first kappa shape index (κ1) is 23.2. The third-order valence-corrected chi connectivity index (χ3v) is 3.94. The highest BCUT2D eigenvalue weighted by atomic mass is 35.5. The molecule has 5 N–H and O–H groups in total. The number of amidine groups is 1. The van der Waals surface area contributed by atoms with E-state index in [1.165, 1.54) is 31.3 Å². The first-order valence-electron chi connectivity index (χ1n) is 7.86. The number of nitrogens with one attached hydrogen (secondary N) is 3. The standard InChI is InChI=1S/C18H18ClFN4O3.ClH/c1-23-15(25)9-27-14-7-10(17(21)22)5-6-11(14)8-24-18(26)12-3-2-4-13(19)16(12)20;/h2-7H,8-9H2,1H3,(H3,21,22)(H,23,25)(H,24,26);1H. The number of hydrogen-bond donors (Lipinski definition) is 4. The lowest BCUT2D eigenvalue weighted by molar-refractivity contribution is -0.122. The molecule has 0 aliphatic heterocycles. The minimum absolute atomic E-state index is 0. The number of benzene rings is 2. The van der Waals surface area contributed by atoms with Crippen molar-refractivity contribution in [1.29, 1.82) is 5.41 Å². The third-order valence-electron chi connectivity index (χ3n) is 3.65. The van der Waals surface area contributed by atoms with Crippen LogP contribution in [0.1, 0.15) is 21.5 Å². The molecule has 0 radical (unpaired) electrons. The monoisotopic (exact) mass is 428 g/mol. The topological polar surface area (TPSA) is 117 Å². The first-order valence-corrected chi connectivity index (χ1v) is 8.24. The average molecular weight is 429 g/mol.